The minimum absolute atomic E-state index is 0.227. The minimum atomic E-state index is -0.285. The highest BCUT2D eigenvalue weighted by molar-refractivity contribution is 6.21. The predicted molar refractivity (Wildman–Crippen MR) is 81.4 cm³/mol. The van der Waals surface area contributed by atoms with Gasteiger partial charge in [0.15, 0.2) is 5.76 Å². The molecule has 0 atom stereocenters. The van der Waals surface area contributed by atoms with Gasteiger partial charge in [0.1, 0.15) is 12.0 Å². The molecule has 0 radical (unpaired) electrons. The van der Waals surface area contributed by atoms with Gasteiger partial charge in [-0.05, 0) is 30.2 Å². The lowest BCUT2D eigenvalue weighted by Crippen LogP contribution is -2.30. The molecule has 0 saturated heterocycles. The van der Waals surface area contributed by atoms with E-state index in [-0.39, 0.29) is 18.4 Å². The Bertz CT molecular complexity index is 820. The second kappa shape index (κ2) is 6.20. The highest BCUT2D eigenvalue weighted by atomic mass is 16.4. The molecule has 6 nitrogen and oxygen atoms in total. The second-order valence-corrected chi connectivity index (χ2v) is 4.81. The lowest BCUT2D eigenvalue weighted by Gasteiger charge is -2.10. The molecule has 3 rings (SSSR count). The molecule has 1 aliphatic heterocycles. The fourth-order valence-corrected chi connectivity index (χ4v) is 2.31. The Morgan fingerprint density at radius 1 is 1.13 bits per heavy atom. The maximum atomic E-state index is 12.1. The van der Waals surface area contributed by atoms with E-state index in [1.54, 1.807) is 36.4 Å². The SMILES string of the molecule is O=C1c2ccccc2C(=O)N1CCC#Cc1ccc(/C=N/O)o1. The van der Waals surface area contributed by atoms with E-state index in [1.807, 2.05) is 0 Å². The maximum absolute atomic E-state index is 12.1. The van der Waals surface area contributed by atoms with Crippen molar-refractivity contribution in [1.29, 1.82) is 0 Å². The standard InChI is InChI=1S/C17H12N2O4/c20-16-14-6-1-2-7-15(14)17(21)19(16)10-4-3-5-12-8-9-13(23-12)11-18-22/h1-2,6-9,11,22H,4,10H2/b18-11+. The van der Waals surface area contributed by atoms with Gasteiger partial charge in [-0.3, -0.25) is 14.5 Å². The van der Waals surface area contributed by atoms with Crippen molar-refractivity contribution in [2.24, 2.45) is 5.16 Å². The van der Waals surface area contributed by atoms with Crippen molar-refractivity contribution in [3.63, 3.8) is 0 Å². The number of hydrogen-bond acceptors (Lipinski definition) is 5. The van der Waals surface area contributed by atoms with Crippen LogP contribution in [0.2, 0.25) is 0 Å². The van der Waals surface area contributed by atoms with Gasteiger partial charge >= 0.3 is 0 Å². The summed E-state index contributed by atoms with van der Waals surface area (Å²) in [6.07, 6.45) is 1.50. The number of carbonyl (C=O) groups is 2. The Labute approximate surface area is 132 Å². The van der Waals surface area contributed by atoms with Crippen LogP contribution in [0, 0.1) is 11.8 Å². The van der Waals surface area contributed by atoms with Crippen molar-refractivity contribution in [2.75, 3.05) is 6.54 Å². The van der Waals surface area contributed by atoms with E-state index < -0.39 is 0 Å². The molecule has 1 aromatic heterocycles. The molecule has 2 aromatic rings. The summed E-state index contributed by atoms with van der Waals surface area (Å²) in [7, 11) is 0. The average Bonchev–Trinajstić information content (AvgIpc) is 3.10. The lowest BCUT2D eigenvalue weighted by atomic mass is 10.1. The minimum Gasteiger partial charge on any atom is -0.447 e. The Morgan fingerprint density at radius 3 is 2.48 bits per heavy atom. The van der Waals surface area contributed by atoms with E-state index in [1.165, 1.54) is 4.90 Å². The Morgan fingerprint density at radius 2 is 1.83 bits per heavy atom. The van der Waals surface area contributed by atoms with E-state index >= 15 is 0 Å². The molecule has 0 spiro atoms. The van der Waals surface area contributed by atoms with Crippen molar-refractivity contribution in [3.05, 3.63) is 59.0 Å². The van der Waals surface area contributed by atoms with Gasteiger partial charge in [0.05, 0.1) is 11.1 Å². The Kier molecular flexibility index (Phi) is 3.93. The zero-order valence-corrected chi connectivity index (χ0v) is 12.0. The summed E-state index contributed by atoms with van der Waals surface area (Å²) in [5.74, 6) is 5.88. The number of carbonyl (C=O) groups excluding carboxylic acids is 2. The van der Waals surface area contributed by atoms with Gasteiger partial charge in [0.2, 0.25) is 0 Å². The molecule has 0 saturated carbocycles. The molecule has 114 valence electrons. The average molecular weight is 308 g/mol. The highest BCUT2D eigenvalue weighted by Gasteiger charge is 2.34. The highest BCUT2D eigenvalue weighted by Crippen LogP contribution is 2.22. The molecule has 23 heavy (non-hydrogen) atoms. The van der Waals surface area contributed by atoms with Crippen molar-refractivity contribution in [3.8, 4) is 11.8 Å². The quantitative estimate of drug-likeness (QED) is 0.309. The summed E-state index contributed by atoms with van der Waals surface area (Å²) in [5.41, 5.74) is 0.869. The number of furan rings is 1. The van der Waals surface area contributed by atoms with Gasteiger partial charge < -0.3 is 9.62 Å². The van der Waals surface area contributed by atoms with Crippen molar-refractivity contribution >= 4 is 18.0 Å². The van der Waals surface area contributed by atoms with Gasteiger partial charge in [-0.15, -0.1) is 0 Å². The van der Waals surface area contributed by atoms with Crippen LogP contribution in [0.4, 0.5) is 0 Å². The number of rotatable bonds is 3. The van der Waals surface area contributed by atoms with Gasteiger partial charge in [0, 0.05) is 13.0 Å². The monoisotopic (exact) mass is 308 g/mol. The van der Waals surface area contributed by atoms with Crippen molar-refractivity contribution in [1.82, 2.24) is 4.90 Å². The molecule has 0 fully saturated rings. The van der Waals surface area contributed by atoms with Crippen LogP contribution in [0.1, 0.15) is 38.7 Å². The fourth-order valence-electron chi connectivity index (χ4n) is 2.31. The van der Waals surface area contributed by atoms with Crippen molar-refractivity contribution in [2.45, 2.75) is 6.42 Å². The van der Waals surface area contributed by atoms with E-state index in [2.05, 4.69) is 17.0 Å². The van der Waals surface area contributed by atoms with Crippen LogP contribution in [0.5, 0.6) is 0 Å². The van der Waals surface area contributed by atoms with Crippen LogP contribution in [-0.4, -0.2) is 34.7 Å². The van der Waals surface area contributed by atoms with Gasteiger partial charge in [0.25, 0.3) is 11.8 Å². The van der Waals surface area contributed by atoms with E-state index in [4.69, 9.17) is 9.62 Å². The normalized spacial score (nSPS) is 13.3. The third-order valence-electron chi connectivity index (χ3n) is 3.36. The van der Waals surface area contributed by atoms with Crippen LogP contribution < -0.4 is 0 Å². The lowest BCUT2D eigenvalue weighted by molar-refractivity contribution is 0.0658. The molecular weight excluding hydrogens is 296 g/mol. The number of fused-ring (bicyclic) bond motifs is 1. The maximum Gasteiger partial charge on any atom is 0.261 e. The van der Waals surface area contributed by atoms with Crippen LogP contribution in [-0.2, 0) is 0 Å². The third-order valence-corrected chi connectivity index (χ3v) is 3.36. The molecule has 1 aromatic carbocycles. The number of oxime groups is 1. The molecule has 2 amide bonds. The largest absolute Gasteiger partial charge is 0.447 e. The van der Waals surface area contributed by atoms with Crippen LogP contribution in [0.25, 0.3) is 0 Å². The first-order valence-corrected chi connectivity index (χ1v) is 6.92. The Balaban J connectivity index is 1.63. The van der Waals surface area contributed by atoms with E-state index in [0.29, 0.717) is 29.1 Å². The summed E-state index contributed by atoms with van der Waals surface area (Å²) in [4.78, 5) is 25.5. The first-order valence-electron chi connectivity index (χ1n) is 6.92. The zero-order chi connectivity index (χ0) is 16.2. The summed E-state index contributed by atoms with van der Waals surface area (Å²) < 4.78 is 5.26. The van der Waals surface area contributed by atoms with Crippen molar-refractivity contribution < 1.29 is 19.2 Å². The number of amides is 2. The number of benzene rings is 1. The summed E-state index contributed by atoms with van der Waals surface area (Å²) in [6.45, 7) is 0.227. The first kappa shape index (κ1) is 14.6. The molecule has 6 heteroatoms. The Hall–Kier alpha value is -3.33. The van der Waals surface area contributed by atoms with E-state index in [0.717, 1.165) is 6.21 Å². The van der Waals surface area contributed by atoms with Crippen LogP contribution >= 0.6 is 0 Å². The topological polar surface area (TPSA) is 83.1 Å². The van der Waals surface area contributed by atoms with E-state index in [9.17, 15) is 9.59 Å². The number of hydrogen-bond donors (Lipinski definition) is 1. The van der Waals surface area contributed by atoms with Gasteiger partial charge in [-0.25, -0.2) is 0 Å². The summed E-state index contributed by atoms with van der Waals surface area (Å²) in [6, 6.07) is 10.0. The predicted octanol–water partition coefficient (Wildman–Crippen LogP) is 2.13. The fraction of sp³-hybridized carbons (Fsp3) is 0.118. The molecule has 2 heterocycles. The van der Waals surface area contributed by atoms with Crippen LogP contribution in [0.15, 0.2) is 46.0 Å². The molecule has 1 aliphatic rings. The molecular formula is C17H12N2O4. The summed E-state index contributed by atoms with van der Waals surface area (Å²) in [5, 5.41) is 11.2. The molecule has 0 bridgehead atoms. The third kappa shape index (κ3) is 2.85. The van der Waals surface area contributed by atoms with Gasteiger partial charge in [-0.1, -0.05) is 23.2 Å². The molecule has 0 unspecified atom stereocenters. The second-order valence-electron chi connectivity index (χ2n) is 4.81. The summed E-state index contributed by atoms with van der Waals surface area (Å²) >= 11 is 0. The molecule has 0 aliphatic carbocycles. The van der Waals surface area contributed by atoms with Gasteiger partial charge in [-0.2, -0.15) is 0 Å². The molecule has 1 N–H and O–H groups in total. The number of imide groups is 1. The number of nitrogens with zero attached hydrogens (tertiary/aromatic N) is 2. The van der Waals surface area contributed by atoms with Crippen LogP contribution in [0.3, 0.4) is 0 Å². The smallest absolute Gasteiger partial charge is 0.261 e. The zero-order valence-electron chi connectivity index (χ0n) is 12.0. The first-order chi connectivity index (χ1) is 11.2.